The van der Waals surface area contributed by atoms with Gasteiger partial charge in [-0.15, -0.1) is 0 Å². The molecule has 2 heterocycles. The molecule has 1 aliphatic heterocycles. The summed E-state index contributed by atoms with van der Waals surface area (Å²) in [5, 5.41) is 3.91. The minimum absolute atomic E-state index is 0.0292. The molecule has 3 rings (SSSR count). The number of benzene rings is 1. The summed E-state index contributed by atoms with van der Waals surface area (Å²) in [7, 11) is 0. The zero-order valence-corrected chi connectivity index (χ0v) is 18.0. The molecule has 1 fully saturated rings. The Morgan fingerprint density at radius 3 is 2.75 bits per heavy atom. The van der Waals surface area contributed by atoms with E-state index < -0.39 is 0 Å². The lowest BCUT2D eigenvalue weighted by Gasteiger charge is -2.40. The van der Waals surface area contributed by atoms with E-state index in [1.807, 2.05) is 10.8 Å². The van der Waals surface area contributed by atoms with Gasteiger partial charge in [-0.1, -0.05) is 29.5 Å². The topological polar surface area (TPSA) is 59.4 Å². The van der Waals surface area contributed by atoms with Gasteiger partial charge in [0.05, 0.1) is 24.7 Å². The van der Waals surface area contributed by atoms with E-state index in [1.54, 1.807) is 6.20 Å². The fourth-order valence-corrected chi connectivity index (χ4v) is 4.23. The minimum atomic E-state index is -0.0818. The Balaban J connectivity index is 1.55. The van der Waals surface area contributed by atoms with Crippen LogP contribution in [0.15, 0.2) is 35.7 Å². The molecule has 1 aromatic carbocycles. The number of nitrogens with zero attached hydrogens (tertiary/aromatic N) is 3. The summed E-state index contributed by atoms with van der Waals surface area (Å²) < 4.78 is 7.47. The van der Waals surface area contributed by atoms with Gasteiger partial charge in [0.2, 0.25) is 5.91 Å². The van der Waals surface area contributed by atoms with E-state index in [1.165, 1.54) is 22.9 Å². The van der Waals surface area contributed by atoms with Crippen molar-refractivity contribution in [3.05, 3.63) is 41.7 Å². The molecular formula is C21H30N4O2S. The first-order valence-electron chi connectivity index (χ1n) is 9.70. The van der Waals surface area contributed by atoms with Crippen LogP contribution in [0.4, 0.5) is 0 Å². The third-order valence-electron chi connectivity index (χ3n) is 5.14. The molecule has 0 unspecified atom stereocenters. The van der Waals surface area contributed by atoms with Crippen LogP contribution in [0.3, 0.4) is 0 Å². The summed E-state index contributed by atoms with van der Waals surface area (Å²) in [6, 6.07) is 6.35. The second-order valence-corrected chi connectivity index (χ2v) is 8.79. The molecule has 7 heteroatoms. The largest absolute Gasteiger partial charge is 0.379 e. The number of hydrogen-bond acceptors (Lipinski definition) is 5. The number of rotatable bonds is 7. The monoisotopic (exact) mass is 402 g/mol. The lowest BCUT2D eigenvalue weighted by atomic mass is 10.0. The fraction of sp³-hybridized carbons (Fsp3) is 0.524. The standard InChI is InChI=1S/C21H30N4O2S/c1-16-5-6-18(17(2)13-16)25-8-7-22-20(25)28-14-19(26)23-15-21(3,4)24-9-11-27-12-10-24/h5-8,13H,9-12,14-15H2,1-4H3,(H,23,26). The maximum absolute atomic E-state index is 12.4. The molecule has 0 radical (unpaired) electrons. The molecule has 1 aliphatic rings. The van der Waals surface area contributed by atoms with Crippen LogP contribution in [0.5, 0.6) is 0 Å². The van der Waals surface area contributed by atoms with Gasteiger partial charge in [-0.3, -0.25) is 14.3 Å². The van der Waals surface area contributed by atoms with Gasteiger partial charge in [0.15, 0.2) is 5.16 Å². The van der Waals surface area contributed by atoms with Crippen molar-refractivity contribution in [3.8, 4) is 5.69 Å². The predicted molar refractivity (Wildman–Crippen MR) is 113 cm³/mol. The number of imidazole rings is 1. The van der Waals surface area contributed by atoms with Crippen LogP contribution in [0.1, 0.15) is 25.0 Å². The highest BCUT2D eigenvalue weighted by Crippen LogP contribution is 2.23. The van der Waals surface area contributed by atoms with Gasteiger partial charge in [0, 0.05) is 37.6 Å². The van der Waals surface area contributed by atoms with E-state index >= 15 is 0 Å². The van der Waals surface area contributed by atoms with Crippen LogP contribution in [0, 0.1) is 13.8 Å². The van der Waals surface area contributed by atoms with E-state index in [2.05, 4.69) is 61.1 Å². The smallest absolute Gasteiger partial charge is 0.230 e. The summed E-state index contributed by atoms with van der Waals surface area (Å²) in [5.74, 6) is 0.378. The predicted octanol–water partition coefficient (Wildman–Crippen LogP) is 2.81. The highest BCUT2D eigenvalue weighted by molar-refractivity contribution is 7.99. The number of thioether (sulfide) groups is 1. The number of aromatic nitrogens is 2. The SMILES string of the molecule is Cc1ccc(-n2ccnc2SCC(=O)NCC(C)(C)N2CCOCC2)c(C)c1. The first-order chi connectivity index (χ1) is 13.4. The molecule has 152 valence electrons. The number of morpholine rings is 1. The molecule has 1 saturated heterocycles. The summed E-state index contributed by atoms with van der Waals surface area (Å²) >= 11 is 1.46. The van der Waals surface area contributed by atoms with Gasteiger partial charge in [0.1, 0.15) is 0 Å². The zero-order chi connectivity index (χ0) is 20.1. The first-order valence-corrected chi connectivity index (χ1v) is 10.7. The van der Waals surface area contributed by atoms with Crippen molar-refractivity contribution < 1.29 is 9.53 Å². The van der Waals surface area contributed by atoms with E-state index in [9.17, 15) is 4.79 Å². The minimum Gasteiger partial charge on any atom is -0.379 e. The number of ether oxygens (including phenoxy) is 1. The summed E-state index contributed by atoms with van der Waals surface area (Å²) in [6.07, 6.45) is 3.72. The Kier molecular flexibility index (Phi) is 6.80. The van der Waals surface area contributed by atoms with E-state index in [4.69, 9.17) is 4.74 Å². The van der Waals surface area contributed by atoms with Crippen LogP contribution < -0.4 is 5.32 Å². The van der Waals surface area contributed by atoms with E-state index in [-0.39, 0.29) is 11.4 Å². The van der Waals surface area contributed by atoms with Crippen molar-refractivity contribution in [2.24, 2.45) is 0 Å². The van der Waals surface area contributed by atoms with Crippen molar-refractivity contribution in [3.63, 3.8) is 0 Å². The number of carbonyl (C=O) groups excluding carboxylic acids is 1. The van der Waals surface area contributed by atoms with Gasteiger partial charge in [-0.25, -0.2) is 4.98 Å². The molecule has 0 saturated carbocycles. The quantitative estimate of drug-likeness (QED) is 0.722. The summed E-state index contributed by atoms with van der Waals surface area (Å²) in [5.41, 5.74) is 3.44. The Labute approximate surface area is 171 Å². The number of amides is 1. The lowest BCUT2D eigenvalue weighted by molar-refractivity contribution is -0.119. The maximum atomic E-state index is 12.4. The molecule has 0 aliphatic carbocycles. The van der Waals surface area contributed by atoms with Crippen LogP contribution in [-0.4, -0.2) is 64.5 Å². The second-order valence-electron chi connectivity index (χ2n) is 7.85. The van der Waals surface area contributed by atoms with Gasteiger partial charge in [0.25, 0.3) is 0 Å². The fourth-order valence-electron chi connectivity index (χ4n) is 3.43. The first kappa shape index (κ1) is 20.9. The van der Waals surface area contributed by atoms with Crippen LogP contribution >= 0.6 is 11.8 Å². The third-order valence-corrected chi connectivity index (χ3v) is 6.10. The van der Waals surface area contributed by atoms with Gasteiger partial charge in [-0.05, 0) is 39.3 Å². The van der Waals surface area contributed by atoms with E-state index in [0.29, 0.717) is 12.3 Å². The molecule has 1 aromatic heterocycles. The average molecular weight is 403 g/mol. The molecule has 2 aromatic rings. The van der Waals surface area contributed by atoms with Crippen LogP contribution in [0.2, 0.25) is 0 Å². The molecule has 6 nitrogen and oxygen atoms in total. The third kappa shape index (κ3) is 5.16. The molecule has 1 amide bonds. The van der Waals surface area contributed by atoms with Gasteiger partial charge in [-0.2, -0.15) is 0 Å². The van der Waals surface area contributed by atoms with Crippen molar-refractivity contribution in [1.29, 1.82) is 0 Å². The zero-order valence-electron chi connectivity index (χ0n) is 17.2. The Morgan fingerprint density at radius 1 is 1.29 bits per heavy atom. The number of hydrogen-bond donors (Lipinski definition) is 1. The van der Waals surface area contributed by atoms with E-state index in [0.717, 1.165) is 37.1 Å². The Morgan fingerprint density at radius 2 is 2.04 bits per heavy atom. The summed E-state index contributed by atoms with van der Waals surface area (Å²) in [4.78, 5) is 19.2. The van der Waals surface area contributed by atoms with Crippen molar-refractivity contribution in [2.45, 2.75) is 38.4 Å². The number of aryl methyl sites for hydroxylation is 2. The maximum Gasteiger partial charge on any atom is 0.230 e. The Bertz CT molecular complexity index is 812. The molecular weight excluding hydrogens is 372 g/mol. The second kappa shape index (κ2) is 9.11. The molecule has 0 bridgehead atoms. The van der Waals surface area contributed by atoms with Crippen LogP contribution in [0.25, 0.3) is 5.69 Å². The molecule has 1 N–H and O–H groups in total. The number of nitrogens with one attached hydrogen (secondary N) is 1. The van der Waals surface area contributed by atoms with Crippen molar-refractivity contribution in [2.75, 3.05) is 38.6 Å². The Hall–Kier alpha value is -1.83. The highest BCUT2D eigenvalue weighted by Gasteiger charge is 2.28. The normalized spacial score (nSPS) is 15.6. The number of carbonyl (C=O) groups is 1. The molecule has 0 atom stereocenters. The average Bonchev–Trinajstić information content (AvgIpc) is 3.14. The van der Waals surface area contributed by atoms with Crippen LogP contribution in [-0.2, 0) is 9.53 Å². The summed E-state index contributed by atoms with van der Waals surface area (Å²) in [6.45, 7) is 12.5. The van der Waals surface area contributed by atoms with Gasteiger partial charge >= 0.3 is 0 Å². The van der Waals surface area contributed by atoms with Crippen molar-refractivity contribution in [1.82, 2.24) is 19.8 Å². The molecule has 0 spiro atoms. The van der Waals surface area contributed by atoms with Crippen molar-refractivity contribution >= 4 is 17.7 Å². The lowest BCUT2D eigenvalue weighted by Crippen LogP contribution is -2.55. The van der Waals surface area contributed by atoms with Gasteiger partial charge < -0.3 is 10.1 Å². The highest BCUT2D eigenvalue weighted by atomic mass is 32.2. The molecule has 28 heavy (non-hydrogen) atoms.